The molecule has 1 heterocycles. The Hall–Kier alpha value is -1.26. The summed E-state index contributed by atoms with van der Waals surface area (Å²) >= 11 is 0. The van der Waals surface area contributed by atoms with E-state index in [1.807, 2.05) is 6.92 Å². The summed E-state index contributed by atoms with van der Waals surface area (Å²) in [5.41, 5.74) is -1.38. The van der Waals surface area contributed by atoms with Crippen LogP contribution in [0.2, 0.25) is 0 Å². The van der Waals surface area contributed by atoms with Crippen molar-refractivity contribution in [1.82, 2.24) is 5.32 Å². The summed E-state index contributed by atoms with van der Waals surface area (Å²) in [6, 6.07) is 0. The number of alkyl carbamates (subject to hydrolysis) is 1. The molecule has 1 aliphatic heterocycles. The first kappa shape index (κ1) is 11.2. The van der Waals surface area contributed by atoms with E-state index >= 15 is 0 Å². The van der Waals surface area contributed by atoms with Crippen LogP contribution in [0.3, 0.4) is 0 Å². The summed E-state index contributed by atoms with van der Waals surface area (Å²) in [7, 11) is 0. The van der Waals surface area contributed by atoms with Gasteiger partial charge in [0.15, 0.2) is 0 Å². The molecule has 1 saturated heterocycles. The Bertz CT molecular complexity index is 346. The van der Waals surface area contributed by atoms with Crippen LogP contribution in [0, 0.1) is 11.8 Å². The van der Waals surface area contributed by atoms with E-state index in [-0.39, 0.29) is 17.8 Å². The molecule has 0 radical (unpaired) electrons. The first-order chi connectivity index (χ1) is 7.27. The van der Waals surface area contributed by atoms with Crippen LogP contribution in [-0.4, -0.2) is 29.8 Å². The van der Waals surface area contributed by atoms with Crippen LogP contribution < -0.4 is 5.32 Å². The number of hydrogen-bond donors (Lipinski definition) is 1. The van der Waals surface area contributed by atoms with Crippen molar-refractivity contribution < 1.29 is 19.1 Å². The van der Waals surface area contributed by atoms with Crippen LogP contribution in [0.1, 0.15) is 27.7 Å². The Labute approximate surface area is 94.5 Å². The Balaban J connectivity index is 2.00. The van der Waals surface area contributed by atoms with Gasteiger partial charge in [0.05, 0.1) is 6.61 Å². The molecule has 1 aliphatic carbocycles. The zero-order valence-electron chi connectivity index (χ0n) is 9.99. The highest BCUT2D eigenvalue weighted by Crippen LogP contribution is 2.55. The Morgan fingerprint density at radius 3 is 2.62 bits per heavy atom. The molecule has 0 aromatic rings. The average molecular weight is 227 g/mol. The van der Waals surface area contributed by atoms with Crippen molar-refractivity contribution in [2.75, 3.05) is 6.61 Å². The maximum absolute atomic E-state index is 11.6. The second kappa shape index (κ2) is 3.12. The topological polar surface area (TPSA) is 64.6 Å². The lowest BCUT2D eigenvalue weighted by Gasteiger charge is -2.22. The number of fused-ring (bicyclic) bond motifs is 1. The monoisotopic (exact) mass is 227 g/mol. The number of rotatable bonds is 1. The van der Waals surface area contributed by atoms with Gasteiger partial charge in [0.25, 0.3) is 0 Å². The molecule has 1 amide bonds. The molecule has 2 aliphatic rings. The normalized spacial score (nSPS) is 36.4. The molecule has 0 bridgehead atoms. The summed E-state index contributed by atoms with van der Waals surface area (Å²) in [6.45, 7) is 7.68. The van der Waals surface area contributed by atoms with E-state index in [4.69, 9.17) is 9.47 Å². The first-order valence-electron chi connectivity index (χ1n) is 5.46. The van der Waals surface area contributed by atoms with Gasteiger partial charge in [0.2, 0.25) is 0 Å². The van der Waals surface area contributed by atoms with Gasteiger partial charge < -0.3 is 14.8 Å². The molecule has 1 unspecified atom stereocenters. The van der Waals surface area contributed by atoms with E-state index in [9.17, 15) is 9.59 Å². The van der Waals surface area contributed by atoms with Crippen molar-refractivity contribution in [3.63, 3.8) is 0 Å². The smallest absolute Gasteiger partial charge is 0.408 e. The highest BCUT2D eigenvalue weighted by Gasteiger charge is 2.73. The van der Waals surface area contributed by atoms with E-state index < -0.39 is 17.2 Å². The van der Waals surface area contributed by atoms with E-state index in [0.29, 0.717) is 6.61 Å². The lowest BCUT2D eigenvalue weighted by Crippen LogP contribution is -2.46. The quantitative estimate of drug-likeness (QED) is 0.681. The molecule has 0 aromatic heterocycles. The summed E-state index contributed by atoms with van der Waals surface area (Å²) in [5.74, 6) is -0.0929. The zero-order valence-corrected chi connectivity index (χ0v) is 9.99. The zero-order chi connectivity index (χ0) is 12.1. The second-order valence-electron chi connectivity index (χ2n) is 5.49. The predicted octanol–water partition coefficient (Wildman–Crippen LogP) is 1.07. The fourth-order valence-corrected chi connectivity index (χ4v) is 2.28. The highest BCUT2D eigenvalue weighted by molar-refractivity contribution is 5.92. The third kappa shape index (κ3) is 1.54. The fourth-order valence-electron chi connectivity index (χ4n) is 2.28. The minimum Gasteiger partial charge on any atom is -0.464 e. The van der Waals surface area contributed by atoms with Crippen LogP contribution in [0.4, 0.5) is 4.79 Å². The van der Waals surface area contributed by atoms with Crippen molar-refractivity contribution in [1.29, 1.82) is 0 Å². The summed E-state index contributed by atoms with van der Waals surface area (Å²) < 4.78 is 10.0. The van der Waals surface area contributed by atoms with Crippen molar-refractivity contribution in [2.24, 2.45) is 11.8 Å². The van der Waals surface area contributed by atoms with E-state index in [1.54, 1.807) is 20.8 Å². The summed E-state index contributed by atoms with van der Waals surface area (Å²) in [5, 5.41) is 2.65. The van der Waals surface area contributed by atoms with Gasteiger partial charge in [-0.2, -0.15) is 0 Å². The van der Waals surface area contributed by atoms with Crippen LogP contribution in [0.15, 0.2) is 0 Å². The average Bonchev–Trinajstić information content (AvgIpc) is 2.46. The molecule has 16 heavy (non-hydrogen) atoms. The van der Waals surface area contributed by atoms with Gasteiger partial charge in [-0.25, -0.2) is 9.59 Å². The molecule has 1 N–H and O–H groups in total. The van der Waals surface area contributed by atoms with Crippen LogP contribution in [0.25, 0.3) is 0 Å². The third-order valence-electron chi connectivity index (χ3n) is 3.24. The standard InChI is InChI=1S/C11H17NO4/c1-6-7-5-15-8(13)11(6,7)12-9(14)16-10(2,3)4/h6-7H,5H2,1-4H3,(H,12,14)/t6?,7-,11-/m0/s1. The van der Waals surface area contributed by atoms with Crippen molar-refractivity contribution in [3.05, 3.63) is 0 Å². The van der Waals surface area contributed by atoms with Gasteiger partial charge in [-0.1, -0.05) is 6.92 Å². The Morgan fingerprint density at radius 1 is 1.56 bits per heavy atom. The summed E-state index contributed by atoms with van der Waals surface area (Å²) in [4.78, 5) is 23.2. The van der Waals surface area contributed by atoms with E-state index in [2.05, 4.69) is 5.32 Å². The van der Waals surface area contributed by atoms with Gasteiger partial charge >= 0.3 is 12.1 Å². The minimum absolute atomic E-state index is 0.104. The fraction of sp³-hybridized carbons (Fsp3) is 0.818. The number of carbonyl (C=O) groups excluding carboxylic acids is 2. The van der Waals surface area contributed by atoms with Crippen LogP contribution in [0.5, 0.6) is 0 Å². The Morgan fingerprint density at radius 2 is 2.19 bits per heavy atom. The SMILES string of the molecule is CC1[C@@H]2COC(=O)[C@]12NC(=O)OC(C)(C)C. The number of hydrogen-bond acceptors (Lipinski definition) is 4. The molecule has 2 rings (SSSR count). The van der Waals surface area contributed by atoms with Crippen molar-refractivity contribution >= 4 is 12.1 Å². The highest BCUT2D eigenvalue weighted by atomic mass is 16.6. The van der Waals surface area contributed by atoms with Gasteiger partial charge in [-0.3, -0.25) is 0 Å². The van der Waals surface area contributed by atoms with E-state index in [0.717, 1.165) is 0 Å². The molecular weight excluding hydrogens is 210 g/mol. The lowest BCUT2D eigenvalue weighted by molar-refractivity contribution is -0.143. The first-order valence-corrected chi connectivity index (χ1v) is 5.46. The molecule has 0 aromatic carbocycles. The molecular formula is C11H17NO4. The molecule has 5 nitrogen and oxygen atoms in total. The van der Waals surface area contributed by atoms with Crippen molar-refractivity contribution in [3.8, 4) is 0 Å². The van der Waals surface area contributed by atoms with Gasteiger partial charge in [0.1, 0.15) is 11.1 Å². The molecule has 3 atom stereocenters. The lowest BCUT2D eigenvalue weighted by atomic mass is 10.2. The second-order valence-corrected chi connectivity index (χ2v) is 5.49. The number of carbonyl (C=O) groups is 2. The van der Waals surface area contributed by atoms with Gasteiger partial charge in [-0.15, -0.1) is 0 Å². The summed E-state index contributed by atoms with van der Waals surface area (Å²) in [6.07, 6.45) is -0.555. The number of amides is 1. The van der Waals surface area contributed by atoms with E-state index in [1.165, 1.54) is 0 Å². The minimum atomic E-state index is -0.817. The number of ether oxygens (including phenoxy) is 2. The van der Waals surface area contributed by atoms with Gasteiger partial charge in [-0.05, 0) is 26.7 Å². The largest absolute Gasteiger partial charge is 0.464 e. The third-order valence-corrected chi connectivity index (χ3v) is 3.24. The molecule has 5 heteroatoms. The molecule has 1 saturated carbocycles. The van der Waals surface area contributed by atoms with Crippen LogP contribution >= 0.6 is 0 Å². The predicted molar refractivity (Wildman–Crippen MR) is 55.7 cm³/mol. The molecule has 90 valence electrons. The number of cyclic esters (lactones) is 1. The molecule has 2 fully saturated rings. The molecule has 0 spiro atoms. The van der Waals surface area contributed by atoms with Crippen LogP contribution in [-0.2, 0) is 14.3 Å². The van der Waals surface area contributed by atoms with Gasteiger partial charge in [0, 0.05) is 5.92 Å². The number of esters is 1. The Kier molecular flexibility index (Phi) is 2.19. The maximum Gasteiger partial charge on any atom is 0.408 e. The number of nitrogens with one attached hydrogen (secondary N) is 1. The maximum atomic E-state index is 11.6. The van der Waals surface area contributed by atoms with Crippen molar-refractivity contribution in [2.45, 2.75) is 38.8 Å².